The molecule has 0 unspecified atom stereocenters. The Kier molecular flexibility index (Phi) is 3.80. The van der Waals surface area contributed by atoms with Crippen molar-refractivity contribution >= 4 is 5.69 Å². The van der Waals surface area contributed by atoms with Crippen LogP contribution < -0.4 is 0 Å². The normalized spacial score (nSPS) is 10.7. The van der Waals surface area contributed by atoms with Crippen molar-refractivity contribution in [2.24, 2.45) is 0 Å². The maximum atomic E-state index is 14.1. The maximum absolute atomic E-state index is 14.1. The van der Waals surface area contributed by atoms with Crippen LogP contribution in [0.3, 0.4) is 0 Å². The van der Waals surface area contributed by atoms with Crippen molar-refractivity contribution in [1.29, 1.82) is 0 Å². The molecule has 0 radical (unpaired) electrons. The number of pyridine rings is 1. The molecule has 0 aliphatic rings. The second-order valence-electron chi connectivity index (χ2n) is 4.89. The Bertz CT molecular complexity index is 864. The van der Waals surface area contributed by atoms with Crippen molar-refractivity contribution < 1.29 is 9.31 Å². The van der Waals surface area contributed by atoms with Gasteiger partial charge in [0.25, 0.3) is 5.69 Å². The van der Waals surface area contributed by atoms with E-state index < -0.39 is 10.7 Å². The average Bonchev–Trinajstić information content (AvgIpc) is 2.90. The summed E-state index contributed by atoms with van der Waals surface area (Å²) in [5, 5.41) is 14.9. The molecule has 1 aromatic carbocycles. The second-order valence-corrected chi connectivity index (χ2v) is 4.89. The SMILES string of the molecule is Cc1nc(-c2ccccn2)n(Cc2ccc([N+](=O)[O-])cc2F)n1. The van der Waals surface area contributed by atoms with Gasteiger partial charge in [0.1, 0.15) is 17.3 Å². The van der Waals surface area contributed by atoms with Crippen LogP contribution >= 0.6 is 0 Å². The fraction of sp³-hybridized carbons (Fsp3) is 0.133. The Balaban J connectivity index is 1.97. The summed E-state index contributed by atoms with van der Waals surface area (Å²) in [4.78, 5) is 18.6. The number of aromatic nitrogens is 4. The van der Waals surface area contributed by atoms with Gasteiger partial charge >= 0.3 is 0 Å². The predicted molar refractivity (Wildman–Crippen MR) is 80.1 cm³/mol. The number of non-ortho nitro benzene ring substituents is 1. The molecule has 0 atom stereocenters. The van der Waals surface area contributed by atoms with Gasteiger partial charge in [0.05, 0.1) is 17.5 Å². The molecule has 2 heterocycles. The highest BCUT2D eigenvalue weighted by atomic mass is 19.1. The molecule has 23 heavy (non-hydrogen) atoms. The summed E-state index contributed by atoms with van der Waals surface area (Å²) in [6.07, 6.45) is 1.64. The van der Waals surface area contributed by atoms with Gasteiger partial charge in [0.15, 0.2) is 5.82 Å². The molecule has 3 rings (SSSR count). The number of rotatable bonds is 4. The van der Waals surface area contributed by atoms with Gasteiger partial charge in [-0.15, -0.1) is 0 Å². The van der Waals surface area contributed by atoms with Crippen molar-refractivity contribution in [2.75, 3.05) is 0 Å². The zero-order valence-electron chi connectivity index (χ0n) is 12.2. The zero-order chi connectivity index (χ0) is 16.4. The maximum Gasteiger partial charge on any atom is 0.272 e. The van der Waals surface area contributed by atoms with E-state index in [0.29, 0.717) is 17.3 Å². The molecule has 7 nitrogen and oxygen atoms in total. The lowest BCUT2D eigenvalue weighted by atomic mass is 10.2. The highest BCUT2D eigenvalue weighted by Crippen LogP contribution is 2.20. The number of benzene rings is 1. The number of nitrogens with zero attached hydrogens (tertiary/aromatic N) is 5. The van der Waals surface area contributed by atoms with Gasteiger partial charge in [-0.3, -0.25) is 15.1 Å². The first-order chi connectivity index (χ1) is 11.0. The number of hydrogen-bond acceptors (Lipinski definition) is 5. The third-order valence-corrected chi connectivity index (χ3v) is 3.24. The number of hydrogen-bond donors (Lipinski definition) is 0. The number of halogens is 1. The Morgan fingerprint density at radius 2 is 2.13 bits per heavy atom. The minimum Gasteiger partial charge on any atom is -0.258 e. The van der Waals surface area contributed by atoms with E-state index in [2.05, 4.69) is 15.1 Å². The Morgan fingerprint density at radius 3 is 2.78 bits per heavy atom. The van der Waals surface area contributed by atoms with Crippen molar-refractivity contribution in [3.8, 4) is 11.5 Å². The first-order valence-electron chi connectivity index (χ1n) is 6.80. The fourth-order valence-electron chi connectivity index (χ4n) is 2.19. The minimum atomic E-state index is -0.653. The smallest absolute Gasteiger partial charge is 0.258 e. The van der Waals surface area contributed by atoms with E-state index in [1.807, 2.05) is 6.07 Å². The summed E-state index contributed by atoms with van der Waals surface area (Å²) in [6, 6.07) is 8.94. The minimum absolute atomic E-state index is 0.108. The van der Waals surface area contributed by atoms with Gasteiger partial charge in [-0.05, 0) is 25.1 Å². The van der Waals surface area contributed by atoms with Crippen molar-refractivity contribution in [1.82, 2.24) is 19.7 Å². The zero-order valence-corrected chi connectivity index (χ0v) is 12.2. The molecule has 0 saturated carbocycles. The average molecular weight is 313 g/mol. The van der Waals surface area contributed by atoms with Gasteiger partial charge in [0, 0.05) is 17.8 Å². The van der Waals surface area contributed by atoms with Gasteiger partial charge in [0.2, 0.25) is 0 Å². The molecule has 0 amide bonds. The van der Waals surface area contributed by atoms with Crippen LogP contribution in [0.1, 0.15) is 11.4 Å². The van der Waals surface area contributed by atoms with Crippen LogP contribution in [0.5, 0.6) is 0 Å². The molecule has 116 valence electrons. The van der Waals surface area contributed by atoms with Crippen LogP contribution in [0.2, 0.25) is 0 Å². The molecule has 0 saturated heterocycles. The first kappa shape index (κ1) is 14.8. The highest BCUT2D eigenvalue weighted by Gasteiger charge is 2.15. The summed E-state index contributed by atoms with van der Waals surface area (Å²) in [5.41, 5.74) is 0.624. The number of nitro benzene ring substituents is 1. The topological polar surface area (TPSA) is 86.7 Å². The van der Waals surface area contributed by atoms with Crippen molar-refractivity contribution in [3.63, 3.8) is 0 Å². The number of nitro groups is 1. The summed E-state index contributed by atoms with van der Waals surface area (Å²) >= 11 is 0. The molecule has 0 fully saturated rings. The second kappa shape index (κ2) is 5.91. The van der Waals surface area contributed by atoms with E-state index in [-0.39, 0.29) is 17.8 Å². The summed E-state index contributed by atoms with van der Waals surface area (Å²) in [7, 11) is 0. The molecule has 0 spiro atoms. The Morgan fingerprint density at radius 1 is 1.30 bits per heavy atom. The molecule has 0 aliphatic carbocycles. The van der Waals surface area contributed by atoms with E-state index >= 15 is 0 Å². The third-order valence-electron chi connectivity index (χ3n) is 3.24. The van der Waals surface area contributed by atoms with Gasteiger partial charge in [-0.2, -0.15) is 5.10 Å². The first-order valence-corrected chi connectivity index (χ1v) is 6.80. The molecular formula is C15H12FN5O2. The summed E-state index contributed by atoms with van der Waals surface area (Å²) < 4.78 is 15.6. The molecule has 0 N–H and O–H groups in total. The lowest BCUT2D eigenvalue weighted by Crippen LogP contribution is -2.07. The molecule has 0 bridgehead atoms. The van der Waals surface area contributed by atoms with Crippen LogP contribution in [-0.4, -0.2) is 24.7 Å². The monoisotopic (exact) mass is 313 g/mol. The largest absolute Gasteiger partial charge is 0.272 e. The van der Waals surface area contributed by atoms with Crippen LogP contribution in [0.25, 0.3) is 11.5 Å². The van der Waals surface area contributed by atoms with Crippen LogP contribution in [-0.2, 0) is 6.54 Å². The quantitative estimate of drug-likeness (QED) is 0.546. The lowest BCUT2D eigenvalue weighted by molar-refractivity contribution is -0.385. The molecule has 2 aromatic heterocycles. The standard InChI is InChI=1S/C15H12FN5O2/c1-10-18-15(14-4-2-3-7-17-14)20(19-10)9-11-5-6-12(21(22)23)8-13(11)16/h2-8H,9H2,1H3. The van der Waals surface area contributed by atoms with Gasteiger partial charge < -0.3 is 0 Å². The number of aryl methyl sites for hydroxylation is 1. The highest BCUT2D eigenvalue weighted by molar-refractivity contribution is 5.49. The molecular weight excluding hydrogens is 301 g/mol. The Labute approximate surface area is 130 Å². The van der Waals surface area contributed by atoms with E-state index in [0.717, 1.165) is 6.07 Å². The van der Waals surface area contributed by atoms with Crippen molar-refractivity contribution in [3.05, 3.63) is 69.9 Å². The molecule has 8 heteroatoms. The van der Waals surface area contributed by atoms with E-state index in [1.54, 1.807) is 25.3 Å². The van der Waals surface area contributed by atoms with Crippen LogP contribution in [0.15, 0.2) is 42.6 Å². The van der Waals surface area contributed by atoms with Gasteiger partial charge in [-0.1, -0.05) is 6.07 Å². The van der Waals surface area contributed by atoms with Gasteiger partial charge in [-0.25, -0.2) is 14.1 Å². The van der Waals surface area contributed by atoms with E-state index in [1.165, 1.54) is 16.8 Å². The predicted octanol–water partition coefficient (Wildman–Crippen LogP) is 2.74. The van der Waals surface area contributed by atoms with Crippen LogP contribution in [0.4, 0.5) is 10.1 Å². The fourth-order valence-corrected chi connectivity index (χ4v) is 2.19. The van der Waals surface area contributed by atoms with Crippen LogP contribution in [0, 0.1) is 22.9 Å². The molecule has 3 aromatic rings. The lowest BCUT2D eigenvalue weighted by Gasteiger charge is -2.06. The summed E-state index contributed by atoms with van der Waals surface area (Å²) in [5.74, 6) is 0.396. The summed E-state index contributed by atoms with van der Waals surface area (Å²) in [6.45, 7) is 1.84. The van der Waals surface area contributed by atoms with E-state index in [9.17, 15) is 14.5 Å². The Hall–Kier alpha value is -3.16. The third kappa shape index (κ3) is 3.05. The van der Waals surface area contributed by atoms with Crippen molar-refractivity contribution in [2.45, 2.75) is 13.5 Å². The van der Waals surface area contributed by atoms with E-state index in [4.69, 9.17) is 0 Å². The molecule has 0 aliphatic heterocycles.